The molecule has 1 fully saturated rings. The van der Waals surface area contributed by atoms with Gasteiger partial charge in [-0.1, -0.05) is 37.3 Å². The fraction of sp³-hybridized carbons (Fsp3) is 0.448. The first-order valence-corrected chi connectivity index (χ1v) is 15.2. The highest BCUT2D eigenvalue weighted by Crippen LogP contribution is 2.35. The lowest BCUT2D eigenvalue weighted by molar-refractivity contribution is -0.134. The Morgan fingerprint density at radius 1 is 1.21 bits per heavy atom. The predicted octanol–water partition coefficient (Wildman–Crippen LogP) is 2.87. The summed E-state index contributed by atoms with van der Waals surface area (Å²) in [4.78, 5) is 25.2. The molecule has 208 valence electrons. The molecule has 2 heterocycles. The second-order valence-corrected chi connectivity index (χ2v) is 12.6. The van der Waals surface area contributed by atoms with Crippen LogP contribution >= 0.6 is 0 Å². The molecule has 0 radical (unpaired) electrons. The summed E-state index contributed by atoms with van der Waals surface area (Å²) in [5, 5.41) is 7.37. The Balaban J connectivity index is 1.48. The van der Waals surface area contributed by atoms with Crippen LogP contribution in [0.3, 0.4) is 0 Å². The van der Waals surface area contributed by atoms with E-state index in [0.717, 1.165) is 35.0 Å². The number of nitrogens with one attached hydrogen (secondary N) is 2. The third-order valence-corrected chi connectivity index (χ3v) is 9.52. The smallest absolute Gasteiger partial charge is 0.293 e. The summed E-state index contributed by atoms with van der Waals surface area (Å²) < 4.78 is 34.5. The number of anilines is 1. The number of rotatable bonds is 12. The summed E-state index contributed by atoms with van der Waals surface area (Å²) in [6.45, 7) is 4.11. The summed E-state index contributed by atoms with van der Waals surface area (Å²) in [6, 6.07) is 12.7. The predicted molar refractivity (Wildman–Crippen MR) is 151 cm³/mol. The van der Waals surface area contributed by atoms with Gasteiger partial charge in [0.1, 0.15) is 6.10 Å². The number of hydrogen-bond acceptors (Lipinski definition) is 6. The first-order chi connectivity index (χ1) is 18.8. The molecule has 0 saturated heterocycles. The number of aromatic nitrogens is 1. The number of benzene rings is 2. The zero-order valence-corrected chi connectivity index (χ0v) is 23.2. The number of amides is 1. The monoisotopic (exact) mass is 552 g/mol. The van der Waals surface area contributed by atoms with E-state index in [1.54, 1.807) is 6.07 Å². The van der Waals surface area contributed by atoms with Crippen molar-refractivity contribution in [2.24, 2.45) is 5.92 Å². The van der Waals surface area contributed by atoms with E-state index in [-0.39, 0.29) is 11.7 Å². The van der Waals surface area contributed by atoms with Crippen LogP contribution in [0.25, 0.3) is 10.9 Å². The molecule has 2 aliphatic rings. The lowest BCUT2D eigenvalue weighted by Gasteiger charge is -2.27. The molecule has 1 aliphatic carbocycles. The summed E-state index contributed by atoms with van der Waals surface area (Å²) >= 11 is 0. The molecule has 1 amide bonds. The summed E-state index contributed by atoms with van der Waals surface area (Å²) in [6.07, 6.45) is 5.03. The van der Waals surface area contributed by atoms with Gasteiger partial charge in [0.05, 0.1) is 23.0 Å². The Labute approximate surface area is 229 Å². The van der Waals surface area contributed by atoms with Crippen molar-refractivity contribution in [2.75, 3.05) is 30.2 Å². The van der Waals surface area contributed by atoms with Crippen LogP contribution < -0.4 is 14.9 Å². The average molecular weight is 553 g/mol. The third kappa shape index (κ3) is 5.96. The topological polar surface area (TPSA) is 110 Å². The molecule has 2 aromatic carbocycles. The molecular formula is C29H36N4O5S. The highest BCUT2D eigenvalue weighted by Gasteiger charge is 2.30. The van der Waals surface area contributed by atoms with Gasteiger partial charge in [-0.25, -0.2) is 8.42 Å². The molecule has 0 unspecified atom stereocenters. The maximum atomic E-state index is 13.8. The summed E-state index contributed by atoms with van der Waals surface area (Å²) in [5.41, 5.74) is 3.73. The van der Waals surface area contributed by atoms with E-state index in [0.29, 0.717) is 43.2 Å². The number of carbonyl (C=O) groups excluding carboxylic acids is 2. The van der Waals surface area contributed by atoms with Crippen molar-refractivity contribution in [1.29, 1.82) is 0 Å². The van der Waals surface area contributed by atoms with Crippen LogP contribution in [0.2, 0.25) is 0 Å². The van der Waals surface area contributed by atoms with Gasteiger partial charge in [0.15, 0.2) is 0 Å². The molecule has 10 heteroatoms. The van der Waals surface area contributed by atoms with Gasteiger partial charge < -0.3 is 19.9 Å². The quantitative estimate of drug-likeness (QED) is 0.335. The number of nitrogens with zero attached hydrogens (tertiary/aromatic N) is 2. The van der Waals surface area contributed by atoms with Crippen LogP contribution in [0, 0.1) is 5.92 Å². The SMILES string of the molecule is CCc1cn2c3c(cc(C(=O)N[C@@H](Cc4ccccc4)[C@@H](CNCC4CC4)OC=O)cc13)N(C)S(=O)(=O)CC2. The Hall–Kier alpha value is -3.37. The number of carbonyl (C=O) groups is 2. The summed E-state index contributed by atoms with van der Waals surface area (Å²) in [7, 11) is -1.99. The van der Waals surface area contributed by atoms with Gasteiger partial charge in [-0.05, 0) is 61.4 Å². The van der Waals surface area contributed by atoms with Gasteiger partial charge in [-0.3, -0.25) is 13.9 Å². The fourth-order valence-corrected chi connectivity index (χ4v) is 6.46. The zero-order valence-electron chi connectivity index (χ0n) is 22.4. The van der Waals surface area contributed by atoms with Crippen molar-refractivity contribution in [3.8, 4) is 0 Å². The third-order valence-electron chi connectivity index (χ3n) is 7.79. The second-order valence-electron chi connectivity index (χ2n) is 10.5. The van der Waals surface area contributed by atoms with Gasteiger partial charge in [0.25, 0.3) is 12.4 Å². The van der Waals surface area contributed by atoms with Crippen LogP contribution in [0.15, 0.2) is 48.7 Å². The molecule has 0 spiro atoms. The molecule has 0 bridgehead atoms. The van der Waals surface area contributed by atoms with Crippen LogP contribution in [0.1, 0.15) is 41.3 Å². The summed E-state index contributed by atoms with van der Waals surface area (Å²) in [5.74, 6) is 0.301. The van der Waals surface area contributed by atoms with Crippen molar-refractivity contribution in [2.45, 2.75) is 51.3 Å². The van der Waals surface area contributed by atoms with Gasteiger partial charge in [0, 0.05) is 37.3 Å². The van der Waals surface area contributed by atoms with Gasteiger partial charge in [0.2, 0.25) is 10.0 Å². The van der Waals surface area contributed by atoms with E-state index in [2.05, 4.69) is 10.6 Å². The normalized spacial score (nSPS) is 17.8. The van der Waals surface area contributed by atoms with Crippen LogP contribution in [-0.4, -0.2) is 63.4 Å². The second kappa shape index (κ2) is 11.4. The molecular weight excluding hydrogens is 516 g/mol. The van der Waals surface area contributed by atoms with Gasteiger partial charge >= 0.3 is 0 Å². The minimum Gasteiger partial charge on any atom is -0.461 e. The molecule has 9 nitrogen and oxygen atoms in total. The maximum Gasteiger partial charge on any atom is 0.293 e. The number of ether oxygens (including phenoxy) is 1. The zero-order chi connectivity index (χ0) is 27.6. The minimum atomic E-state index is -3.53. The standard InChI is InChI=1S/C29H36N4O5S/c1-3-22-18-33-11-12-39(36,37)32(2)26-15-23(14-24(22)28(26)33)29(35)31-25(13-20-7-5-4-6-8-20)27(38-19-34)17-30-16-21-9-10-21/h4-8,14-15,18-19,21,25,27,30H,3,9-13,16-17H2,1-2H3,(H,31,35)/t25-,27+/m0/s1. The molecule has 2 atom stereocenters. The van der Waals surface area contributed by atoms with E-state index in [9.17, 15) is 18.0 Å². The molecule has 5 rings (SSSR count). The van der Waals surface area contributed by atoms with Crippen molar-refractivity contribution in [3.05, 3.63) is 65.4 Å². The molecule has 2 N–H and O–H groups in total. The van der Waals surface area contributed by atoms with E-state index in [1.165, 1.54) is 24.2 Å². The minimum absolute atomic E-state index is 0.00956. The Morgan fingerprint density at radius 2 is 1.97 bits per heavy atom. The van der Waals surface area contributed by atoms with Crippen molar-refractivity contribution in [1.82, 2.24) is 15.2 Å². The van der Waals surface area contributed by atoms with Crippen molar-refractivity contribution >= 4 is 39.0 Å². The largest absolute Gasteiger partial charge is 0.461 e. The van der Waals surface area contributed by atoms with Crippen molar-refractivity contribution in [3.63, 3.8) is 0 Å². The van der Waals surface area contributed by atoms with E-state index in [4.69, 9.17) is 4.74 Å². The average Bonchev–Trinajstić information content (AvgIpc) is 3.70. The highest BCUT2D eigenvalue weighted by molar-refractivity contribution is 7.92. The first kappa shape index (κ1) is 27.2. The Bertz CT molecular complexity index is 1450. The number of sulfonamides is 1. The maximum absolute atomic E-state index is 13.8. The molecule has 1 saturated carbocycles. The van der Waals surface area contributed by atoms with Crippen molar-refractivity contribution < 1.29 is 22.7 Å². The lowest BCUT2D eigenvalue weighted by Crippen LogP contribution is -2.50. The Morgan fingerprint density at radius 3 is 2.67 bits per heavy atom. The first-order valence-electron chi connectivity index (χ1n) is 13.6. The van der Waals surface area contributed by atoms with Crippen LogP contribution in [0.4, 0.5) is 5.69 Å². The van der Waals surface area contributed by atoms with Gasteiger partial charge in [-0.2, -0.15) is 0 Å². The van der Waals surface area contributed by atoms with Crippen LogP contribution in [-0.2, 0) is 38.9 Å². The fourth-order valence-electron chi connectivity index (χ4n) is 5.32. The number of hydrogen-bond donors (Lipinski definition) is 2. The molecule has 39 heavy (non-hydrogen) atoms. The van der Waals surface area contributed by atoms with E-state index >= 15 is 0 Å². The van der Waals surface area contributed by atoms with E-state index in [1.807, 2.05) is 54.1 Å². The van der Waals surface area contributed by atoms with E-state index < -0.39 is 22.2 Å². The molecule has 3 aromatic rings. The molecule has 1 aliphatic heterocycles. The van der Waals surface area contributed by atoms with Gasteiger partial charge in [-0.15, -0.1) is 0 Å². The lowest BCUT2D eigenvalue weighted by atomic mass is 9.99. The Kier molecular flexibility index (Phi) is 7.95. The molecule has 1 aromatic heterocycles. The highest BCUT2D eigenvalue weighted by atomic mass is 32.2. The number of aryl methyl sites for hydroxylation is 2. The van der Waals surface area contributed by atoms with Crippen LogP contribution in [0.5, 0.6) is 0 Å².